The van der Waals surface area contributed by atoms with E-state index >= 15 is 0 Å². The Morgan fingerprint density at radius 2 is 1.70 bits per heavy atom. The predicted molar refractivity (Wildman–Crippen MR) is 128 cm³/mol. The van der Waals surface area contributed by atoms with Crippen molar-refractivity contribution in [3.8, 4) is 0 Å². The number of piperidine rings is 1. The Hall–Kier alpha value is -2.45. The molecule has 178 valence electrons. The lowest BCUT2D eigenvalue weighted by molar-refractivity contribution is -0.135. The average Bonchev–Trinajstić information content (AvgIpc) is 3.43. The highest BCUT2D eigenvalue weighted by molar-refractivity contribution is 7.89. The molecule has 0 aliphatic carbocycles. The molecule has 0 spiro atoms. The third kappa shape index (κ3) is 4.77. The van der Waals surface area contributed by atoms with E-state index in [2.05, 4.69) is 24.2 Å². The van der Waals surface area contributed by atoms with E-state index in [1.807, 2.05) is 24.8 Å². The van der Waals surface area contributed by atoms with E-state index in [-0.39, 0.29) is 29.0 Å². The Balaban J connectivity index is 1.60. The molecule has 0 saturated carbocycles. The van der Waals surface area contributed by atoms with Crippen LogP contribution in [-0.2, 0) is 14.8 Å². The normalized spacial score (nSPS) is 20.1. The maximum atomic E-state index is 13.6. The van der Waals surface area contributed by atoms with Crippen molar-refractivity contribution in [3.05, 3.63) is 45.8 Å². The highest BCUT2D eigenvalue weighted by Gasteiger charge is 2.38. The molecule has 2 fully saturated rings. The minimum Gasteiger partial charge on any atom is -0.355 e. The lowest BCUT2D eigenvalue weighted by Gasteiger charge is -2.33. The molecule has 2 saturated heterocycles. The van der Waals surface area contributed by atoms with Gasteiger partial charge in [0, 0.05) is 26.2 Å². The summed E-state index contributed by atoms with van der Waals surface area (Å²) in [6, 6.07) is 4.20. The number of benzene rings is 1. The molecule has 8 heteroatoms. The molecule has 1 amide bonds. The van der Waals surface area contributed by atoms with Gasteiger partial charge >= 0.3 is 0 Å². The lowest BCUT2D eigenvalue weighted by atomic mass is 9.98. The first-order chi connectivity index (χ1) is 15.7. The van der Waals surface area contributed by atoms with Crippen molar-refractivity contribution >= 4 is 28.1 Å². The zero-order valence-corrected chi connectivity index (χ0v) is 20.7. The number of hydrogen-bond acceptors (Lipinski definition) is 5. The third-order valence-corrected chi connectivity index (χ3v) is 8.75. The average molecular weight is 472 g/mol. The van der Waals surface area contributed by atoms with Gasteiger partial charge in [-0.1, -0.05) is 28.9 Å². The van der Waals surface area contributed by atoms with Gasteiger partial charge in [-0.2, -0.15) is 4.31 Å². The molecular formula is C25H33N3O4S. The highest BCUT2D eigenvalue weighted by atomic mass is 32.2. The molecule has 33 heavy (non-hydrogen) atoms. The summed E-state index contributed by atoms with van der Waals surface area (Å²) in [6.07, 6.45) is 7.02. The molecule has 1 unspecified atom stereocenters. The number of likely N-dealkylation sites (tertiary alicyclic amines) is 1. The van der Waals surface area contributed by atoms with Crippen molar-refractivity contribution in [1.82, 2.24) is 14.4 Å². The lowest BCUT2D eigenvalue weighted by Crippen LogP contribution is -2.46. The van der Waals surface area contributed by atoms with Crippen molar-refractivity contribution in [1.29, 1.82) is 0 Å². The number of amides is 1. The summed E-state index contributed by atoms with van der Waals surface area (Å²) >= 11 is 0. The molecule has 4 rings (SSSR count). The Morgan fingerprint density at radius 1 is 1.03 bits per heavy atom. The van der Waals surface area contributed by atoms with Crippen LogP contribution in [0, 0.1) is 33.6 Å². The van der Waals surface area contributed by atoms with Gasteiger partial charge in [0.15, 0.2) is 10.7 Å². The van der Waals surface area contributed by atoms with Crippen LogP contribution in [-0.4, -0.2) is 54.9 Å². The Bertz CT molecular complexity index is 1150. The van der Waals surface area contributed by atoms with Gasteiger partial charge in [0.1, 0.15) is 5.69 Å². The van der Waals surface area contributed by atoms with Crippen LogP contribution in [0.2, 0.25) is 0 Å². The maximum absolute atomic E-state index is 13.6. The van der Waals surface area contributed by atoms with Crippen LogP contribution in [0.4, 0.5) is 0 Å². The number of carbonyl (C=O) groups excluding carboxylic acids is 1. The van der Waals surface area contributed by atoms with Gasteiger partial charge in [0.2, 0.25) is 15.9 Å². The van der Waals surface area contributed by atoms with Crippen molar-refractivity contribution in [3.63, 3.8) is 0 Å². The van der Waals surface area contributed by atoms with Crippen LogP contribution < -0.4 is 0 Å². The Morgan fingerprint density at radius 3 is 2.36 bits per heavy atom. The predicted octanol–water partition coefficient (Wildman–Crippen LogP) is 4.10. The molecular weight excluding hydrogens is 438 g/mol. The molecule has 3 heterocycles. The van der Waals surface area contributed by atoms with Crippen molar-refractivity contribution in [2.75, 3.05) is 26.2 Å². The van der Waals surface area contributed by atoms with Crippen LogP contribution in [0.25, 0.3) is 12.2 Å². The number of hydrogen-bond donors (Lipinski definition) is 0. The highest BCUT2D eigenvalue weighted by Crippen LogP contribution is 2.30. The van der Waals surface area contributed by atoms with Gasteiger partial charge in [0.25, 0.3) is 0 Å². The minimum atomic E-state index is -3.85. The molecule has 2 aliphatic heterocycles. The summed E-state index contributed by atoms with van der Waals surface area (Å²) < 4.78 is 34.1. The van der Waals surface area contributed by atoms with E-state index in [1.165, 1.54) is 9.87 Å². The maximum Gasteiger partial charge on any atom is 0.248 e. The second kappa shape index (κ2) is 9.43. The van der Waals surface area contributed by atoms with Gasteiger partial charge in [0.05, 0.1) is 5.92 Å². The van der Waals surface area contributed by atoms with Gasteiger partial charge in [-0.25, -0.2) is 8.42 Å². The fourth-order valence-corrected chi connectivity index (χ4v) is 6.87. The number of nitrogens with zero attached hydrogens (tertiary/aromatic N) is 3. The van der Waals surface area contributed by atoms with Crippen LogP contribution in [0.1, 0.15) is 59.4 Å². The Kier molecular flexibility index (Phi) is 6.77. The monoisotopic (exact) mass is 471 g/mol. The van der Waals surface area contributed by atoms with E-state index in [0.29, 0.717) is 18.7 Å². The molecule has 1 aromatic carbocycles. The van der Waals surface area contributed by atoms with Crippen molar-refractivity contribution in [2.45, 2.75) is 58.3 Å². The van der Waals surface area contributed by atoms with E-state index < -0.39 is 10.0 Å². The van der Waals surface area contributed by atoms with Crippen molar-refractivity contribution in [2.24, 2.45) is 5.92 Å². The summed E-state index contributed by atoms with van der Waals surface area (Å²) in [4.78, 5) is 14.9. The van der Waals surface area contributed by atoms with E-state index in [0.717, 1.165) is 49.0 Å². The van der Waals surface area contributed by atoms with Gasteiger partial charge in [-0.3, -0.25) is 4.79 Å². The number of aromatic nitrogens is 1. The summed E-state index contributed by atoms with van der Waals surface area (Å²) in [5, 5.41) is 3.96. The molecule has 7 nitrogen and oxygen atoms in total. The zero-order chi connectivity index (χ0) is 23.8. The zero-order valence-electron chi connectivity index (χ0n) is 19.9. The van der Waals surface area contributed by atoms with E-state index in [4.69, 9.17) is 4.52 Å². The topological polar surface area (TPSA) is 83.7 Å². The van der Waals surface area contributed by atoms with Gasteiger partial charge < -0.3 is 9.42 Å². The number of rotatable bonds is 5. The molecule has 1 aromatic heterocycles. The first-order valence-electron chi connectivity index (χ1n) is 11.7. The summed E-state index contributed by atoms with van der Waals surface area (Å²) in [6.45, 7) is 9.94. The quantitative estimate of drug-likeness (QED) is 0.656. The SMILES string of the molecule is Cc1cc(C)c(/C=C/c2onc(C)c2S(=O)(=O)N2CCCC(C(=O)N3CCCC3)C2)c(C)c1. The Labute approximate surface area is 196 Å². The number of aryl methyl sites for hydroxylation is 4. The smallest absolute Gasteiger partial charge is 0.248 e. The van der Waals surface area contributed by atoms with Crippen molar-refractivity contribution < 1.29 is 17.7 Å². The summed E-state index contributed by atoms with van der Waals surface area (Å²) in [5.41, 5.74) is 4.78. The second-order valence-corrected chi connectivity index (χ2v) is 11.2. The molecule has 2 aromatic rings. The standard InChI is InChI=1S/C25H33N3O4S/c1-17-14-18(2)22(19(3)15-17)9-10-23-24(20(4)26-32-23)33(30,31)28-13-7-8-21(16-28)25(29)27-11-5-6-12-27/h9-10,14-15,21H,5-8,11-13,16H2,1-4H3/b10-9+. The number of sulfonamides is 1. The first kappa shape index (κ1) is 23.7. The van der Waals surface area contributed by atoms with Gasteiger partial charge in [-0.05, 0) is 76.1 Å². The minimum absolute atomic E-state index is 0.0832. The molecule has 2 aliphatic rings. The first-order valence-corrected chi connectivity index (χ1v) is 13.1. The fraction of sp³-hybridized carbons (Fsp3) is 0.520. The van der Waals surface area contributed by atoms with Gasteiger partial charge in [-0.15, -0.1) is 0 Å². The number of carbonyl (C=O) groups is 1. The van der Waals surface area contributed by atoms with E-state index in [9.17, 15) is 13.2 Å². The van der Waals surface area contributed by atoms with Crippen LogP contribution >= 0.6 is 0 Å². The van der Waals surface area contributed by atoms with E-state index in [1.54, 1.807) is 13.0 Å². The van der Waals surface area contributed by atoms with Crippen LogP contribution in [0.3, 0.4) is 0 Å². The molecule has 1 atom stereocenters. The fourth-order valence-electron chi connectivity index (χ4n) is 5.10. The van der Waals surface area contributed by atoms with Crippen LogP contribution in [0.5, 0.6) is 0 Å². The second-order valence-electron chi connectivity index (χ2n) is 9.34. The summed E-state index contributed by atoms with van der Waals surface area (Å²) in [5.74, 6) is 0.0170. The molecule has 0 N–H and O–H groups in total. The molecule has 0 bridgehead atoms. The van der Waals surface area contributed by atoms with Crippen LogP contribution in [0.15, 0.2) is 21.6 Å². The summed E-state index contributed by atoms with van der Waals surface area (Å²) in [7, 11) is -3.85. The molecule has 0 radical (unpaired) electrons. The third-order valence-electron chi connectivity index (χ3n) is 6.72. The largest absolute Gasteiger partial charge is 0.355 e.